The summed E-state index contributed by atoms with van der Waals surface area (Å²) in [5.41, 5.74) is 4.92. The third-order valence-corrected chi connectivity index (χ3v) is 3.83. The Labute approximate surface area is 128 Å². The lowest BCUT2D eigenvalue weighted by Gasteiger charge is -2.19. The summed E-state index contributed by atoms with van der Waals surface area (Å²) in [7, 11) is 1.71. The molecule has 0 fully saturated rings. The zero-order valence-corrected chi connectivity index (χ0v) is 13.6. The first-order valence-corrected chi connectivity index (χ1v) is 7.52. The summed E-state index contributed by atoms with van der Waals surface area (Å²) in [6.45, 7) is 8.70. The second-order valence-electron chi connectivity index (χ2n) is 5.89. The van der Waals surface area contributed by atoms with E-state index in [1.54, 1.807) is 7.11 Å². The van der Waals surface area contributed by atoms with Crippen molar-refractivity contribution in [2.75, 3.05) is 12.4 Å². The molecule has 0 aliphatic carbocycles. The molecule has 0 aliphatic heterocycles. The first-order chi connectivity index (χ1) is 10.0. The fraction of sp³-hybridized carbons (Fsp3) is 0.368. The predicted octanol–water partition coefficient (Wildman–Crippen LogP) is 5.30. The predicted molar refractivity (Wildman–Crippen MR) is 90.3 cm³/mol. The van der Waals surface area contributed by atoms with Crippen molar-refractivity contribution in [1.82, 2.24) is 0 Å². The van der Waals surface area contributed by atoms with Crippen molar-refractivity contribution < 1.29 is 4.74 Å². The van der Waals surface area contributed by atoms with Crippen molar-refractivity contribution in [3.63, 3.8) is 0 Å². The van der Waals surface area contributed by atoms with Crippen molar-refractivity contribution in [3.05, 3.63) is 59.2 Å². The van der Waals surface area contributed by atoms with E-state index in [9.17, 15) is 0 Å². The maximum absolute atomic E-state index is 5.43. The van der Waals surface area contributed by atoms with Gasteiger partial charge in [0.15, 0.2) is 0 Å². The van der Waals surface area contributed by atoms with Crippen LogP contribution in [0.4, 0.5) is 5.69 Å². The van der Waals surface area contributed by atoms with Crippen molar-refractivity contribution >= 4 is 5.69 Å². The Bertz CT molecular complexity index is 587. The van der Waals surface area contributed by atoms with Crippen molar-refractivity contribution in [2.45, 2.75) is 39.7 Å². The van der Waals surface area contributed by atoms with Crippen LogP contribution in [0.3, 0.4) is 0 Å². The van der Waals surface area contributed by atoms with Gasteiger partial charge in [0.05, 0.1) is 12.8 Å². The highest BCUT2D eigenvalue weighted by molar-refractivity contribution is 5.59. The standard InChI is InChI=1S/C19H25NO/c1-13(2)16-7-9-17(10-8-16)15(4)20-18-12-14(3)6-11-19(18)21-5/h6-13,15,20H,1-5H3. The van der Waals surface area contributed by atoms with Crippen LogP contribution >= 0.6 is 0 Å². The largest absolute Gasteiger partial charge is 0.495 e. The maximum Gasteiger partial charge on any atom is 0.141 e. The van der Waals surface area contributed by atoms with Crippen LogP contribution in [0.5, 0.6) is 5.75 Å². The van der Waals surface area contributed by atoms with E-state index in [0.29, 0.717) is 5.92 Å². The second kappa shape index (κ2) is 6.66. The second-order valence-corrected chi connectivity index (χ2v) is 5.89. The quantitative estimate of drug-likeness (QED) is 0.804. The number of anilines is 1. The molecule has 1 atom stereocenters. The van der Waals surface area contributed by atoms with E-state index in [1.165, 1.54) is 16.7 Å². The fourth-order valence-corrected chi connectivity index (χ4v) is 2.42. The molecule has 0 amide bonds. The Balaban J connectivity index is 2.17. The Morgan fingerprint density at radius 3 is 2.10 bits per heavy atom. The molecule has 0 heterocycles. The molecule has 0 spiro atoms. The molecule has 0 aromatic heterocycles. The first-order valence-electron chi connectivity index (χ1n) is 7.52. The molecule has 21 heavy (non-hydrogen) atoms. The lowest BCUT2D eigenvalue weighted by molar-refractivity contribution is 0.416. The molecule has 2 aromatic carbocycles. The molecular formula is C19H25NO. The van der Waals surface area contributed by atoms with Gasteiger partial charge in [0.1, 0.15) is 5.75 Å². The highest BCUT2D eigenvalue weighted by Gasteiger charge is 2.09. The van der Waals surface area contributed by atoms with Gasteiger partial charge in [-0.05, 0) is 48.6 Å². The highest BCUT2D eigenvalue weighted by Crippen LogP contribution is 2.29. The van der Waals surface area contributed by atoms with Gasteiger partial charge >= 0.3 is 0 Å². The van der Waals surface area contributed by atoms with Gasteiger partial charge in [0, 0.05) is 6.04 Å². The number of benzene rings is 2. The van der Waals surface area contributed by atoms with Gasteiger partial charge in [0.2, 0.25) is 0 Å². The molecule has 2 rings (SSSR count). The summed E-state index contributed by atoms with van der Waals surface area (Å²) >= 11 is 0. The van der Waals surface area contributed by atoms with Crippen molar-refractivity contribution in [1.29, 1.82) is 0 Å². The zero-order chi connectivity index (χ0) is 15.4. The van der Waals surface area contributed by atoms with Gasteiger partial charge in [0.25, 0.3) is 0 Å². The van der Waals surface area contributed by atoms with Crippen LogP contribution in [-0.2, 0) is 0 Å². The molecule has 0 bridgehead atoms. The molecule has 112 valence electrons. The van der Waals surface area contributed by atoms with Gasteiger partial charge in [-0.3, -0.25) is 0 Å². The molecule has 0 aliphatic rings. The first kappa shape index (κ1) is 15.4. The fourth-order valence-electron chi connectivity index (χ4n) is 2.42. The van der Waals surface area contributed by atoms with Crippen LogP contribution in [-0.4, -0.2) is 7.11 Å². The molecular weight excluding hydrogens is 258 g/mol. The molecule has 0 saturated heterocycles. The molecule has 1 unspecified atom stereocenters. The number of rotatable bonds is 5. The van der Waals surface area contributed by atoms with E-state index < -0.39 is 0 Å². The van der Waals surface area contributed by atoms with Crippen LogP contribution in [0.2, 0.25) is 0 Å². The smallest absolute Gasteiger partial charge is 0.141 e. The average Bonchev–Trinajstić information content (AvgIpc) is 2.47. The lowest BCUT2D eigenvalue weighted by Crippen LogP contribution is -2.08. The normalized spacial score (nSPS) is 12.3. The summed E-state index contributed by atoms with van der Waals surface area (Å²) < 4.78 is 5.43. The number of aryl methyl sites for hydroxylation is 1. The third-order valence-electron chi connectivity index (χ3n) is 3.83. The van der Waals surface area contributed by atoms with Gasteiger partial charge in [-0.25, -0.2) is 0 Å². The van der Waals surface area contributed by atoms with Gasteiger partial charge in [-0.1, -0.05) is 44.2 Å². The number of methoxy groups -OCH3 is 1. The van der Waals surface area contributed by atoms with Crippen LogP contribution in [0.1, 0.15) is 49.4 Å². The third kappa shape index (κ3) is 3.78. The SMILES string of the molecule is COc1ccc(C)cc1NC(C)c1ccc(C(C)C)cc1. The zero-order valence-electron chi connectivity index (χ0n) is 13.6. The summed E-state index contributed by atoms with van der Waals surface area (Å²) in [6, 6.07) is 15.3. The van der Waals surface area contributed by atoms with Gasteiger partial charge in [-0.2, -0.15) is 0 Å². The number of nitrogens with one attached hydrogen (secondary N) is 1. The van der Waals surface area contributed by atoms with E-state index in [0.717, 1.165) is 11.4 Å². The summed E-state index contributed by atoms with van der Waals surface area (Å²) in [6.07, 6.45) is 0. The summed E-state index contributed by atoms with van der Waals surface area (Å²) in [5.74, 6) is 1.45. The monoisotopic (exact) mass is 283 g/mol. The van der Waals surface area contributed by atoms with Crippen LogP contribution < -0.4 is 10.1 Å². The van der Waals surface area contributed by atoms with Gasteiger partial charge < -0.3 is 10.1 Å². The average molecular weight is 283 g/mol. The minimum atomic E-state index is 0.238. The Morgan fingerprint density at radius 1 is 0.905 bits per heavy atom. The van der Waals surface area contributed by atoms with Gasteiger partial charge in [-0.15, -0.1) is 0 Å². The molecule has 0 saturated carbocycles. The highest BCUT2D eigenvalue weighted by atomic mass is 16.5. The lowest BCUT2D eigenvalue weighted by atomic mass is 9.99. The number of hydrogen-bond donors (Lipinski definition) is 1. The number of hydrogen-bond acceptors (Lipinski definition) is 2. The topological polar surface area (TPSA) is 21.3 Å². The van der Waals surface area contributed by atoms with Crippen LogP contribution in [0, 0.1) is 6.92 Å². The number of ether oxygens (including phenoxy) is 1. The molecule has 2 heteroatoms. The van der Waals surface area contributed by atoms with Crippen molar-refractivity contribution in [2.24, 2.45) is 0 Å². The summed E-state index contributed by atoms with van der Waals surface area (Å²) in [5, 5.41) is 3.54. The molecule has 0 radical (unpaired) electrons. The Kier molecular flexibility index (Phi) is 4.89. The van der Waals surface area contributed by atoms with E-state index in [4.69, 9.17) is 4.74 Å². The summed E-state index contributed by atoms with van der Waals surface area (Å²) in [4.78, 5) is 0. The minimum absolute atomic E-state index is 0.238. The van der Waals surface area contributed by atoms with Crippen LogP contribution in [0.25, 0.3) is 0 Å². The van der Waals surface area contributed by atoms with E-state index in [-0.39, 0.29) is 6.04 Å². The van der Waals surface area contributed by atoms with E-state index >= 15 is 0 Å². The Hall–Kier alpha value is -1.96. The molecule has 2 nitrogen and oxygen atoms in total. The molecule has 1 N–H and O–H groups in total. The minimum Gasteiger partial charge on any atom is -0.495 e. The van der Waals surface area contributed by atoms with Crippen LogP contribution in [0.15, 0.2) is 42.5 Å². The van der Waals surface area contributed by atoms with E-state index in [1.807, 2.05) is 6.07 Å². The van der Waals surface area contributed by atoms with Crippen molar-refractivity contribution in [3.8, 4) is 5.75 Å². The molecule has 2 aromatic rings. The van der Waals surface area contributed by atoms with E-state index in [2.05, 4.69) is 69.4 Å². The Morgan fingerprint density at radius 2 is 1.52 bits per heavy atom. The maximum atomic E-state index is 5.43.